The molecule has 0 spiro atoms. The van der Waals surface area contributed by atoms with Gasteiger partial charge in [-0.25, -0.2) is 0 Å². The van der Waals surface area contributed by atoms with E-state index in [0.29, 0.717) is 44.4 Å². The van der Waals surface area contributed by atoms with Crippen molar-refractivity contribution in [2.45, 2.75) is 69.1 Å². The molecule has 3 aliphatic rings. The van der Waals surface area contributed by atoms with Crippen LogP contribution < -0.4 is 0 Å². The number of β-amino-alcohol motifs (C(OH)–C–C–N with tert-alkyl or cyclic N) is 1. The lowest BCUT2D eigenvalue weighted by molar-refractivity contribution is -0.147. The summed E-state index contributed by atoms with van der Waals surface area (Å²) < 4.78 is 5.88. The van der Waals surface area contributed by atoms with Crippen LogP contribution in [0, 0.1) is 5.92 Å². The van der Waals surface area contributed by atoms with Crippen LogP contribution in [-0.4, -0.2) is 58.5 Å². The molecule has 3 fully saturated rings. The molecule has 120 valence electrons. The maximum absolute atomic E-state index is 11.0. The summed E-state index contributed by atoms with van der Waals surface area (Å²) in [5, 5.41) is 19.9. The molecule has 2 saturated carbocycles. The van der Waals surface area contributed by atoms with Crippen molar-refractivity contribution in [3.8, 4) is 0 Å². The number of carboxylic acids is 1. The Morgan fingerprint density at radius 1 is 1.19 bits per heavy atom. The molecule has 2 unspecified atom stereocenters. The van der Waals surface area contributed by atoms with E-state index < -0.39 is 11.6 Å². The molecular weight excluding hydrogens is 270 g/mol. The topological polar surface area (TPSA) is 70.0 Å². The molecular formula is C16H27NO4. The highest BCUT2D eigenvalue weighted by Gasteiger charge is 2.41. The van der Waals surface area contributed by atoms with Gasteiger partial charge in [0.1, 0.15) is 0 Å². The van der Waals surface area contributed by atoms with Crippen molar-refractivity contribution in [2.75, 3.05) is 19.7 Å². The fourth-order valence-corrected chi connectivity index (χ4v) is 4.31. The summed E-state index contributed by atoms with van der Waals surface area (Å²) in [7, 11) is 0. The molecule has 21 heavy (non-hydrogen) atoms. The van der Waals surface area contributed by atoms with Crippen molar-refractivity contribution in [2.24, 2.45) is 5.92 Å². The second-order valence-electron chi connectivity index (χ2n) is 7.07. The van der Waals surface area contributed by atoms with Gasteiger partial charge in [-0.15, -0.1) is 0 Å². The lowest BCUT2D eigenvalue weighted by Crippen LogP contribution is -2.57. The monoisotopic (exact) mass is 297 g/mol. The van der Waals surface area contributed by atoms with Crippen molar-refractivity contribution in [3.05, 3.63) is 0 Å². The van der Waals surface area contributed by atoms with Crippen molar-refractivity contribution >= 4 is 5.97 Å². The minimum atomic E-state index is -0.712. The first kappa shape index (κ1) is 15.3. The number of carboxylic acid groups (broad SMARTS) is 1. The highest BCUT2D eigenvalue weighted by atomic mass is 16.5. The first-order valence-electron chi connectivity index (χ1n) is 8.38. The summed E-state index contributed by atoms with van der Waals surface area (Å²) in [5.74, 6) is -0.979. The third kappa shape index (κ3) is 3.41. The zero-order chi connectivity index (χ0) is 14.9. The van der Waals surface area contributed by atoms with Gasteiger partial charge in [-0.2, -0.15) is 0 Å². The number of nitrogens with zero attached hydrogens (tertiary/aromatic N) is 1. The molecule has 1 saturated heterocycles. The Kier molecular flexibility index (Phi) is 4.52. The van der Waals surface area contributed by atoms with E-state index in [0.717, 1.165) is 19.6 Å². The van der Waals surface area contributed by atoms with Crippen LogP contribution >= 0.6 is 0 Å². The number of morpholine rings is 1. The summed E-state index contributed by atoms with van der Waals surface area (Å²) in [4.78, 5) is 13.4. The number of carbonyl (C=O) groups is 1. The Bertz CT molecular complexity index is 376. The van der Waals surface area contributed by atoms with Crippen LogP contribution in [0.5, 0.6) is 0 Å². The molecule has 0 aromatic heterocycles. The number of aliphatic hydroxyl groups is 1. The van der Waals surface area contributed by atoms with E-state index in [9.17, 15) is 9.90 Å². The van der Waals surface area contributed by atoms with Gasteiger partial charge in [0, 0.05) is 19.1 Å². The molecule has 1 heterocycles. The van der Waals surface area contributed by atoms with Crippen molar-refractivity contribution in [3.63, 3.8) is 0 Å². The second kappa shape index (κ2) is 6.23. The van der Waals surface area contributed by atoms with Crippen LogP contribution in [0.4, 0.5) is 0 Å². The van der Waals surface area contributed by atoms with E-state index in [1.807, 2.05) is 0 Å². The van der Waals surface area contributed by atoms with Crippen LogP contribution in [-0.2, 0) is 9.53 Å². The maximum atomic E-state index is 11.0. The average Bonchev–Trinajstić information content (AvgIpc) is 2.48. The number of ether oxygens (including phenoxy) is 1. The summed E-state index contributed by atoms with van der Waals surface area (Å²) in [6.45, 7) is 2.34. The molecule has 0 radical (unpaired) electrons. The number of rotatable bonds is 3. The minimum absolute atomic E-state index is 0.266. The zero-order valence-electron chi connectivity index (χ0n) is 12.7. The predicted molar refractivity (Wildman–Crippen MR) is 78.1 cm³/mol. The van der Waals surface area contributed by atoms with Gasteiger partial charge < -0.3 is 14.9 Å². The third-order valence-corrected chi connectivity index (χ3v) is 5.61. The van der Waals surface area contributed by atoms with Crippen LogP contribution in [0.2, 0.25) is 0 Å². The molecule has 5 heteroatoms. The molecule has 0 bridgehead atoms. The predicted octanol–water partition coefficient (Wildman–Crippen LogP) is 1.64. The Morgan fingerprint density at radius 2 is 1.90 bits per heavy atom. The lowest BCUT2D eigenvalue weighted by Gasteiger charge is -2.47. The summed E-state index contributed by atoms with van der Waals surface area (Å²) in [6.07, 6.45) is 7.57. The molecule has 0 aromatic rings. The van der Waals surface area contributed by atoms with Crippen LogP contribution in [0.15, 0.2) is 0 Å². The van der Waals surface area contributed by atoms with Gasteiger partial charge >= 0.3 is 5.97 Å². The SMILES string of the molecule is O=C(O)C1CCC(O)(CN2CCOC3CCCCC32)CC1. The van der Waals surface area contributed by atoms with Crippen molar-refractivity contribution in [1.82, 2.24) is 4.90 Å². The fraction of sp³-hybridized carbons (Fsp3) is 0.938. The molecule has 0 aromatic carbocycles. The van der Waals surface area contributed by atoms with E-state index in [1.54, 1.807) is 0 Å². The van der Waals surface area contributed by atoms with Gasteiger partial charge in [-0.1, -0.05) is 12.8 Å². The van der Waals surface area contributed by atoms with Gasteiger partial charge in [-0.3, -0.25) is 9.69 Å². The Labute approximate surface area is 126 Å². The van der Waals surface area contributed by atoms with Gasteiger partial charge in [0.05, 0.1) is 24.2 Å². The van der Waals surface area contributed by atoms with E-state index >= 15 is 0 Å². The first-order chi connectivity index (χ1) is 10.1. The fourth-order valence-electron chi connectivity index (χ4n) is 4.31. The first-order valence-corrected chi connectivity index (χ1v) is 8.38. The third-order valence-electron chi connectivity index (χ3n) is 5.61. The van der Waals surface area contributed by atoms with Crippen molar-refractivity contribution in [1.29, 1.82) is 0 Å². The summed E-state index contributed by atoms with van der Waals surface area (Å²) in [5.41, 5.74) is -0.703. The molecule has 2 N–H and O–H groups in total. The summed E-state index contributed by atoms with van der Waals surface area (Å²) >= 11 is 0. The Morgan fingerprint density at radius 3 is 2.62 bits per heavy atom. The van der Waals surface area contributed by atoms with Gasteiger partial charge in [-0.05, 0) is 38.5 Å². The molecule has 2 aliphatic carbocycles. The lowest BCUT2D eigenvalue weighted by atomic mass is 9.78. The smallest absolute Gasteiger partial charge is 0.306 e. The normalized spacial score (nSPS) is 41.5. The molecule has 1 aliphatic heterocycles. The van der Waals surface area contributed by atoms with Crippen LogP contribution in [0.25, 0.3) is 0 Å². The minimum Gasteiger partial charge on any atom is -0.481 e. The zero-order valence-corrected chi connectivity index (χ0v) is 12.7. The Balaban J connectivity index is 1.59. The van der Waals surface area contributed by atoms with E-state index in [1.165, 1.54) is 19.3 Å². The van der Waals surface area contributed by atoms with Gasteiger partial charge in [0.2, 0.25) is 0 Å². The Hall–Kier alpha value is -0.650. The molecule has 0 amide bonds. The average molecular weight is 297 g/mol. The highest BCUT2D eigenvalue weighted by Crippen LogP contribution is 2.35. The standard InChI is InChI=1S/C16H27NO4/c18-15(19)12-5-7-16(20,8-6-12)11-17-9-10-21-14-4-2-1-3-13(14)17/h12-14,20H,1-11H2,(H,18,19). The summed E-state index contributed by atoms with van der Waals surface area (Å²) in [6, 6.07) is 0.453. The van der Waals surface area contributed by atoms with Crippen LogP contribution in [0.1, 0.15) is 51.4 Å². The highest BCUT2D eigenvalue weighted by molar-refractivity contribution is 5.70. The number of hydrogen-bond donors (Lipinski definition) is 2. The molecule has 3 rings (SSSR count). The van der Waals surface area contributed by atoms with Crippen molar-refractivity contribution < 1.29 is 19.7 Å². The van der Waals surface area contributed by atoms with Gasteiger partial charge in [0.15, 0.2) is 0 Å². The number of fused-ring (bicyclic) bond motifs is 1. The number of hydrogen-bond acceptors (Lipinski definition) is 4. The maximum Gasteiger partial charge on any atom is 0.306 e. The van der Waals surface area contributed by atoms with Gasteiger partial charge in [0.25, 0.3) is 0 Å². The van der Waals surface area contributed by atoms with E-state index in [2.05, 4.69) is 4.90 Å². The van der Waals surface area contributed by atoms with Crippen LogP contribution in [0.3, 0.4) is 0 Å². The second-order valence-corrected chi connectivity index (χ2v) is 7.07. The number of aliphatic carboxylic acids is 1. The largest absolute Gasteiger partial charge is 0.481 e. The van der Waals surface area contributed by atoms with E-state index in [-0.39, 0.29) is 5.92 Å². The molecule has 5 nitrogen and oxygen atoms in total. The molecule has 2 atom stereocenters. The quantitative estimate of drug-likeness (QED) is 0.828. The van der Waals surface area contributed by atoms with E-state index in [4.69, 9.17) is 9.84 Å².